The molecule has 234 valence electrons. The Morgan fingerprint density at radius 3 is 2.32 bits per heavy atom. The van der Waals surface area contributed by atoms with Crippen LogP contribution in [0.15, 0.2) is 60.1 Å². The molecule has 3 unspecified atom stereocenters. The van der Waals surface area contributed by atoms with Gasteiger partial charge in [0.05, 0.1) is 11.9 Å². The second kappa shape index (κ2) is 12.5. The monoisotopic (exact) mass is 615 g/mol. The maximum Gasteiger partial charge on any atom is 0.420 e. The van der Waals surface area contributed by atoms with Crippen LogP contribution in [0, 0.1) is 17.8 Å². The quantitative estimate of drug-likeness (QED) is 0.278. The summed E-state index contributed by atoms with van der Waals surface area (Å²) in [6, 6.07) is 16.3. The molecule has 1 saturated carbocycles. The van der Waals surface area contributed by atoms with E-state index in [2.05, 4.69) is 56.6 Å². The molecule has 9 heteroatoms. The zero-order chi connectivity index (χ0) is 31.0. The number of amides is 2. The predicted octanol–water partition coefficient (Wildman–Crippen LogP) is 6.38. The van der Waals surface area contributed by atoms with Crippen LogP contribution in [0.2, 0.25) is 0 Å². The zero-order valence-electron chi connectivity index (χ0n) is 26.6. The molecule has 3 aromatic rings. The van der Waals surface area contributed by atoms with Gasteiger partial charge in [0.25, 0.3) is 5.91 Å². The van der Waals surface area contributed by atoms with Crippen LogP contribution in [0.5, 0.6) is 5.06 Å². The van der Waals surface area contributed by atoms with Gasteiger partial charge in [-0.1, -0.05) is 46.8 Å². The molecule has 0 N–H and O–H groups in total. The van der Waals surface area contributed by atoms with E-state index < -0.39 is 0 Å². The van der Waals surface area contributed by atoms with Crippen molar-refractivity contribution in [3.8, 4) is 5.06 Å². The lowest BCUT2D eigenvalue weighted by atomic mass is 9.86. The predicted molar refractivity (Wildman–Crippen MR) is 177 cm³/mol. The number of carbonyl (C=O) groups is 2. The average Bonchev–Trinajstić information content (AvgIpc) is 3.55. The van der Waals surface area contributed by atoms with Crippen LogP contribution in [-0.4, -0.2) is 78.6 Å². The van der Waals surface area contributed by atoms with Crippen molar-refractivity contribution in [2.75, 3.05) is 55.6 Å². The number of benzene rings is 1. The van der Waals surface area contributed by atoms with Crippen LogP contribution < -0.4 is 14.5 Å². The number of piperidine rings is 1. The van der Waals surface area contributed by atoms with E-state index in [9.17, 15) is 9.59 Å². The molecular formula is C35H45N5O3S. The number of nitrogens with zero attached hydrogens (tertiary/aromatic N) is 5. The molecule has 0 radical (unpaired) electrons. The molecule has 6 rings (SSSR count). The number of rotatable bonds is 9. The fourth-order valence-corrected chi connectivity index (χ4v) is 7.62. The first-order valence-corrected chi connectivity index (χ1v) is 16.9. The zero-order valence-corrected chi connectivity index (χ0v) is 27.4. The van der Waals surface area contributed by atoms with Crippen molar-refractivity contribution in [3.63, 3.8) is 0 Å². The Hall–Kier alpha value is -3.43. The number of anilines is 2. The summed E-state index contributed by atoms with van der Waals surface area (Å²) in [6.45, 7) is 17.1. The van der Waals surface area contributed by atoms with Crippen molar-refractivity contribution in [2.24, 2.45) is 17.8 Å². The molecule has 3 fully saturated rings. The highest BCUT2D eigenvalue weighted by atomic mass is 32.1. The van der Waals surface area contributed by atoms with E-state index in [1.165, 1.54) is 16.9 Å². The van der Waals surface area contributed by atoms with Crippen molar-refractivity contribution in [3.05, 3.63) is 71.2 Å². The van der Waals surface area contributed by atoms with Gasteiger partial charge in [0.2, 0.25) is 0 Å². The number of thiophene rings is 1. The molecule has 1 aliphatic carbocycles. The molecule has 0 spiro atoms. The van der Waals surface area contributed by atoms with E-state index in [1.54, 1.807) is 4.90 Å². The van der Waals surface area contributed by atoms with Gasteiger partial charge < -0.3 is 14.5 Å². The van der Waals surface area contributed by atoms with Gasteiger partial charge in [0, 0.05) is 44.3 Å². The van der Waals surface area contributed by atoms with Crippen molar-refractivity contribution >= 4 is 34.8 Å². The highest BCUT2D eigenvalue weighted by Gasteiger charge is 2.57. The molecule has 1 aromatic carbocycles. The second-order valence-corrected chi connectivity index (χ2v) is 14.3. The molecule has 3 atom stereocenters. The number of likely N-dealkylation sites (N-methyl/N-ethyl adjacent to an activating group) is 1. The number of likely N-dealkylation sites (tertiary alicyclic amines) is 1. The van der Waals surface area contributed by atoms with Crippen molar-refractivity contribution in [2.45, 2.75) is 52.5 Å². The molecule has 3 aliphatic rings. The summed E-state index contributed by atoms with van der Waals surface area (Å²) >= 11 is 1.40. The molecule has 0 bridgehead atoms. The summed E-state index contributed by atoms with van der Waals surface area (Å²) in [4.78, 5) is 40.1. The molecule has 2 saturated heterocycles. The van der Waals surface area contributed by atoms with Gasteiger partial charge >= 0.3 is 6.09 Å². The molecule has 2 amide bonds. The fourth-order valence-electron chi connectivity index (χ4n) is 7.05. The molecular weight excluding hydrogens is 570 g/mol. The Morgan fingerprint density at radius 1 is 1.00 bits per heavy atom. The van der Waals surface area contributed by atoms with Gasteiger partial charge in [-0.15, -0.1) is 11.3 Å². The lowest BCUT2D eigenvalue weighted by Crippen LogP contribution is -2.38. The lowest BCUT2D eigenvalue weighted by Gasteiger charge is -2.27. The van der Waals surface area contributed by atoms with Crippen LogP contribution in [0.1, 0.15) is 57.0 Å². The summed E-state index contributed by atoms with van der Waals surface area (Å²) in [5, 5.41) is 2.48. The Balaban J connectivity index is 1.11. The van der Waals surface area contributed by atoms with E-state index in [-0.39, 0.29) is 17.4 Å². The first-order chi connectivity index (χ1) is 21.2. The van der Waals surface area contributed by atoms with E-state index >= 15 is 0 Å². The summed E-state index contributed by atoms with van der Waals surface area (Å²) in [7, 11) is 0. The molecule has 8 nitrogen and oxygen atoms in total. The Morgan fingerprint density at radius 2 is 1.73 bits per heavy atom. The summed E-state index contributed by atoms with van der Waals surface area (Å²) < 4.78 is 5.76. The number of pyridine rings is 1. The van der Waals surface area contributed by atoms with Gasteiger partial charge in [-0.3, -0.25) is 14.6 Å². The van der Waals surface area contributed by atoms with Crippen LogP contribution in [0.3, 0.4) is 0 Å². The molecule has 4 heterocycles. The van der Waals surface area contributed by atoms with Crippen LogP contribution in [-0.2, 0) is 5.41 Å². The lowest BCUT2D eigenvalue weighted by molar-refractivity contribution is 0.0768. The van der Waals surface area contributed by atoms with Crippen LogP contribution >= 0.6 is 11.3 Å². The first kappa shape index (κ1) is 30.6. The molecule has 2 aromatic heterocycles. The third kappa shape index (κ3) is 6.35. The highest BCUT2D eigenvalue weighted by Crippen LogP contribution is 2.52. The largest absolute Gasteiger partial charge is 0.420 e. The fraction of sp³-hybridized carbons (Fsp3) is 0.514. The summed E-state index contributed by atoms with van der Waals surface area (Å²) in [6.07, 6.45) is 2.56. The van der Waals surface area contributed by atoms with Crippen molar-refractivity contribution in [1.29, 1.82) is 0 Å². The smallest absolute Gasteiger partial charge is 0.399 e. The Labute approximate surface area is 265 Å². The number of hydrogen-bond donors (Lipinski definition) is 0. The first-order valence-electron chi connectivity index (χ1n) is 16.0. The third-order valence-corrected chi connectivity index (χ3v) is 10.6. The minimum atomic E-state index is -0.387. The number of ether oxygens (including phenoxy) is 1. The molecule has 44 heavy (non-hydrogen) atoms. The SMILES string of the molecule is CCN(CC)C1CCN(c2ccc(N(CC3C4CN(C(=O)c5ccc(C(C)(C)C)cc5)CC43)C(=O)Oc3cccs3)cn2)C1. The van der Waals surface area contributed by atoms with Crippen LogP contribution in [0.4, 0.5) is 16.3 Å². The number of hydrogen-bond acceptors (Lipinski definition) is 7. The highest BCUT2D eigenvalue weighted by molar-refractivity contribution is 7.11. The minimum Gasteiger partial charge on any atom is -0.399 e. The topological polar surface area (TPSA) is 69.2 Å². The summed E-state index contributed by atoms with van der Waals surface area (Å²) in [5.74, 6) is 2.14. The van der Waals surface area contributed by atoms with E-state index in [0.29, 0.717) is 35.4 Å². The van der Waals surface area contributed by atoms with E-state index in [0.717, 1.165) is 62.8 Å². The number of carbonyl (C=O) groups excluding carboxylic acids is 2. The Bertz CT molecular complexity index is 1420. The minimum absolute atomic E-state index is 0.0545. The number of aromatic nitrogens is 1. The van der Waals surface area contributed by atoms with Gasteiger partial charge in [-0.25, -0.2) is 9.78 Å². The Kier molecular flexibility index (Phi) is 8.70. The average molecular weight is 616 g/mol. The molecule has 2 aliphatic heterocycles. The number of fused-ring (bicyclic) bond motifs is 1. The maximum atomic E-state index is 13.5. The van der Waals surface area contributed by atoms with E-state index in [1.807, 2.05) is 52.9 Å². The van der Waals surface area contributed by atoms with Gasteiger partial charge in [0.15, 0.2) is 5.06 Å². The van der Waals surface area contributed by atoms with Crippen molar-refractivity contribution in [1.82, 2.24) is 14.8 Å². The summed E-state index contributed by atoms with van der Waals surface area (Å²) in [5.41, 5.74) is 2.76. The van der Waals surface area contributed by atoms with Gasteiger partial charge in [-0.05, 0) is 90.0 Å². The second-order valence-electron chi connectivity index (χ2n) is 13.4. The van der Waals surface area contributed by atoms with Gasteiger partial charge in [0.1, 0.15) is 5.82 Å². The van der Waals surface area contributed by atoms with Gasteiger partial charge in [-0.2, -0.15) is 0 Å². The van der Waals surface area contributed by atoms with Crippen molar-refractivity contribution < 1.29 is 14.3 Å². The third-order valence-electron chi connectivity index (χ3n) is 9.81. The van der Waals surface area contributed by atoms with Crippen LogP contribution in [0.25, 0.3) is 0 Å². The maximum absolute atomic E-state index is 13.5. The standard InChI is InChI=1S/C35H45N5O3S/c1-6-37(7-2)27-16-17-38(20-27)31-15-14-26(19-36-31)40(34(42)43-32-9-8-18-44-32)23-30-28-21-39(22-29(28)30)33(41)24-10-12-25(13-11-24)35(3,4)5/h8-15,18-19,27-30H,6-7,16-17,20-23H2,1-5H3. The van der Waals surface area contributed by atoms with E-state index in [4.69, 9.17) is 9.72 Å². The normalized spacial score (nSPS) is 22.8.